The summed E-state index contributed by atoms with van der Waals surface area (Å²) < 4.78 is 37.0. The molecule has 0 saturated heterocycles. The summed E-state index contributed by atoms with van der Waals surface area (Å²) in [6.07, 6.45) is -3.81. The van der Waals surface area contributed by atoms with Crippen molar-refractivity contribution in [1.29, 1.82) is 0 Å². The van der Waals surface area contributed by atoms with Crippen LogP contribution >= 0.6 is 0 Å². The summed E-state index contributed by atoms with van der Waals surface area (Å²) in [7, 11) is 0. The SMILES string of the molecule is C[C@@H](Cc1cccc(C(F)(F)F)c1)NN. The zero-order valence-electron chi connectivity index (χ0n) is 8.31. The monoisotopic (exact) mass is 218 g/mol. The van der Waals surface area contributed by atoms with Crippen molar-refractivity contribution >= 4 is 0 Å². The van der Waals surface area contributed by atoms with Crippen LogP contribution in [0.15, 0.2) is 24.3 Å². The molecule has 0 aliphatic rings. The third-order valence-electron chi connectivity index (χ3n) is 2.08. The predicted octanol–water partition coefficient (Wildman–Crippen LogP) is 2.10. The second kappa shape index (κ2) is 4.63. The van der Waals surface area contributed by atoms with Crippen LogP contribution in [0.1, 0.15) is 18.1 Å². The molecule has 15 heavy (non-hydrogen) atoms. The fourth-order valence-electron chi connectivity index (χ4n) is 1.29. The highest BCUT2D eigenvalue weighted by Crippen LogP contribution is 2.29. The first-order chi connectivity index (χ1) is 6.93. The second-order valence-corrected chi connectivity index (χ2v) is 3.47. The minimum absolute atomic E-state index is 0.0477. The van der Waals surface area contributed by atoms with Crippen molar-refractivity contribution < 1.29 is 13.2 Å². The van der Waals surface area contributed by atoms with Crippen LogP contribution in [-0.4, -0.2) is 6.04 Å². The largest absolute Gasteiger partial charge is 0.416 e. The highest BCUT2D eigenvalue weighted by Gasteiger charge is 2.30. The van der Waals surface area contributed by atoms with Gasteiger partial charge in [0.1, 0.15) is 0 Å². The van der Waals surface area contributed by atoms with Gasteiger partial charge in [-0.2, -0.15) is 13.2 Å². The molecule has 0 bridgehead atoms. The van der Waals surface area contributed by atoms with Crippen LogP contribution in [0.5, 0.6) is 0 Å². The van der Waals surface area contributed by atoms with Crippen molar-refractivity contribution in [2.75, 3.05) is 0 Å². The highest BCUT2D eigenvalue weighted by atomic mass is 19.4. The van der Waals surface area contributed by atoms with Crippen LogP contribution in [0.25, 0.3) is 0 Å². The average molecular weight is 218 g/mol. The van der Waals surface area contributed by atoms with Crippen molar-refractivity contribution in [2.45, 2.75) is 25.6 Å². The molecule has 0 saturated carbocycles. The van der Waals surface area contributed by atoms with Gasteiger partial charge in [0.25, 0.3) is 0 Å². The summed E-state index contributed by atoms with van der Waals surface area (Å²) >= 11 is 0. The third-order valence-corrected chi connectivity index (χ3v) is 2.08. The lowest BCUT2D eigenvalue weighted by Gasteiger charge is -2.12. The van der Waals surface area contributed by atoms with Gasteiger partial charge in [0.15, 0.2) is 0 Å². The fraction of sp³-hybridized carbons (Fsp3) is 0.400. The van der Waals surface area contributed by atoms with Crippen LogP contribution < -0.4 is 11.3 Å². The molecule has 0 amide bonds. The van der Waals surface area contributed by atoms with Crippen LogP contribution in [0.3, 0.4) is 0 Å². The van der Waals surface area contributed by atoms with E-state index in [2.05, 4.69) is 5.43 Å². The number of hydrogen-bond acceptors (Lipinski definition) is 2. The van der Waals surface area contributed by atoms with Gasteiger partial charge in [-0.3, -0.25) is 11.3 Å². The highest BCUT2D eigenvalue weighted by molar-refractivity contribution is 5.26. The lowest BCUT2D eigenvalue weighted by atomic mass is 10.0. The van der Waals surface area contributed by atoms with Crippen molar-refractivity contribution in [3.8, 4) is 0 Å². The molecular weight excluding hydrogens is 205 g/mol. The van der Waals surface area contributed by atoms with E-state index in [1.54, 1.807) is 13.0 Å². The molecule has 0 heterocycles. The average Bonchev–Trinajstić information content (AvgIpc) is 2.17. The summed E-state index contributed by atoms with van der Waals surface area (Å²) in [4.78, 5) is 0. The number of benzene rings is 1. The van der Waals surface area contributed by atoms with Crippen LogP contribution in [0.2, 0.25) is 0 Å². The Morgan fingerprint density at radius 3 is 2.60 bits per heavy atom. The molecule has 0 aliphatic carbocycles. The molecule has 1 aromatic rings. The Hall–Kier alpha value is -1.07. The van der Waals surface area contributed by atoms with Gasteiger partial charge in [-0.1, -0.05) is 18.2 Å². The number of alkyl halides is 3. The van der Waals surface area contributed by atoms with Crippen molar-refractivity contribution in [3.05, 3.63) is 35.4 Å². The Morgan fingerprint density at radius 1 is 1.40 bits per heavy atom. The number of hydrazine groups is 1. The molecule has 3 N–H and O–H groups in total. The van der Waals surface area contributed by atoms with E-state index in [-0.39, 0.29) is 6.04 Å². The van der Waals surface area contributed by atoms with Gasteiger partial charge in [-0.25, -0.2) is 0 Å². The van der Waals surface area contributed by atoms with E-state index in [4.69, 9.17) is 5.84 Å². The molecule has 2 nitrogen and oxygen atoms in total. The lowest BCUT2D eigenvalue weighted by molar-refractivity contribution is -0.137. The molecule has 0 aromatic heterocycles. The minimum atomic E-state index is -4.28. The Labute approximate surface area is 86.2 Å². The zero-order chi connectivity index (χ0) is 11.5. The molecule has 1 atom stereocenters. The summed E-state index contributed by atoms with van der Waals surface area (Å²) in [5.41, 5.74) is 2.49. The van der Waals surface area contributed by atoms with E-state index in [0.717, 1.165) is 12.1 Å². The van der Waals surface area contributed by atoms with Gasteiger partial charge >= 0.3 is 6.18 Å². The maximum Gasteiger partial charge on any atom is 0.416 e. The normalized spacial score (nSPS) is 13.9. The molecule has 0 spiro atoms. The zero-order valence-corrected chi connectivity index (χ0v) is 8.31. The molecule has 1 aromatic carbocycles. The summed E-state index contributed by atoms with van der Waals surface area (Å²) in [5, 5.41) is 0. The Kier molecular flexibility index (Phi) is 3.71. The summed E-state index contributed by atoms with van der Waals surface area (Å²) in [5.74, 6) is 5.17. The summed E-state index contributed by atoms with van der Waals surface area (Å²) in [6, 6.07) is 5.22. The van der Waals surface area contributed by atoms with E-state index in [9.17, 15) is 13.2 Å². The van der Waals surface area contributed by atoms with E-state index < -0.39 is 11.7 Å². The van der Waals surface area contributed by atoms with Crippen LogP contribution in [0, 0.1) is 0 Å². The molecule has 0 unspecified atom stereocenters. The first-order valence-electron chi connectivity index (χ1n) is 4.55. The van der Waals surface area contributed by atoms with E-state index in [1.165, 1.54) is 6.07 Å². The quantitative estimate of drug-likeness (QED) is 0.602. The Balaban J connectivity index is 2.84. The van der Waals surface area contributed by atoms with E-state index in [1.807, 2.05) is 0 Å². The van der Waals surface area contributed by atoms with Crippen molar-refractivity contribution in [1.82, 2.24) is 5.43 Å². The fourth-order valence-corrected chi connectivity index (χ4v) is 1.29. The molecule has 0 aliphatic heterocycles. The number of halogens is 3. The second-order valence-electron chi connectivity index (χ2n) is 3.47. The topological polar surface area (TPSA) is 38.0 Å². The molecule has 0 fully saturated rings. The number of nitrogens with two attached hydrogens (primary N) is 1. The smallest absolute Gasteiger partial charge is 0.271 e. The molecule has 5 heteroatoms. The first kappa shape index (κ1) is 12.0. The lowest BCUT2D eigenvalue weighted by Crippen LogP contribution is -2.34. The van der Waals surface area contributed by atoms with Crippen molar-refractivity contribution in [3.63, 3.8) is 0 Å². The molecule has 84 valence electrons. The van der Waals surface area contributed by atoms with Gasteiger partial charge < -0.3 is 0 Å². The predicted molar refractivity (Wildman–Crippen MR) is 51.9 cm³/mol. The first-order valence-corrected chi connectivity index (χ1v) is 4.55. The molecular formula is C10H13F3N2. The number of nitrogens with one attached hydrogen (secondary N) is 1. The third kappa shape index (κ3) is 3.53. The minimum Gasteiger partial charge on any atom is -0.271 e. The molecule has 0 radical (unpaired) electrons. The Bertz CT molecular complexity index is 323. The van der Waals surface area contributed by atoms with Gasteiger partial charge in [-0.15, -0.1) is 0 Å². The standard InChI is InChI=1S/C10H13F3N2/c1-7(15-14)5-8-3-2-4-9(6-8)10(11,12)13/h2-4,6-7,15H,5,14H2,1H3/t7-/m0/s1. The van der Waals surface area contributed by atoms with Gasteiger partial charge in [0.05, 0.1) is 5.56 Å². The van der Waals surface area contributed by atoms with Crippen LogP contribution in [-0.2, 0) is 12.6 Å². The number of hydrogen-bond donors (Lipinski definition) is 2. The van der Waals surface area contributed by atoms with Gasteiger partial charge in [0.2, 0.25) is 0 Å². The number of rotatable bonds is 3. The van der Waals surface area contributed by atoms with E-state index in [0.29, 0.717) is 12.0 Å². The maximum absolute atomic E-state index is 12.3. The maximum atomic E-state index is 12.3. The Morgan fingerprint density at radius 2 is 2.07 bits per heavy atom. The molecule has 1 rings (SSSR count). The van der Waals surface area contributed by atoms with Gasteiger partial charge in [-0.05, 0) is 25.0 Å². The summed E-state index contributed by atoms with van der Waals surface area (Å²) in [6.45, 7) is 1.81. The van der Waals surface area contributed by atoms with Crippen LogP contribution in [0.4, 0.5) is 13.2 Å². The van der Waals surface area contributed by atoms with Gasteiger partial charge in [0, 0.05) is 6.04 Å². The van der Waals surface area contributed by atoms with Crippen molar-refractivity contribution in [2.24, 2.45) is 5.84 Å². The van der Waals surface area contributed by atoms with E-state index >= 15 is 0 Å².